The molecule has 0 radical (unpaired) electrons. The summed E-state index contributed by atoms with van der Waals surface area (Å²) in [7, 11) is 6.15. The highest BCUT2D eigenvalue weighted by Gasteiger charge is 2.05. The van der Waals surface area contributed by atoms with Crippen molar-refractivity contribution in [3.05, 3.63) is 53.6 Å². The molecule has 0 aliphatic heterocycles. The van der Waals surface area contributed by atoms with Crippen molar-refractivity contribution < 1.29 is 0 Å². The second-order valence-corrected chi connectivity index (χ2v) is 5.30. The molecule has 0 unspecified atom stereocenters. The van der Waals surface area contributed by atoms with E-state index in [0.717, 1.165) is 31.9 Å². The van der Waals surface area contributed by atoms with Gasteiger partial charge >= 0.3 is 0 Å². The van der Waals surface area contributed by atoms with Gasteiger partial charge in [0.25, 0.3) is 0 Å². The Labute approximate surface area is 121 Å². The maximum absolute atomic E-state index is 4.36. The Morgan fingerprint density at radius 3 is 2.45 bits per heavy atom. The SMILES string of the molecule is CNCCc1ccc(CN(C)Cc2nccn2C)cc1. The van der Waals surface area contributed by atoms with Gasteiger partial charge in [0.2, 0.25) is 0 Å². The molecule has 1 aromatic heterocycles. The van der Waals surface area contributed by atoms with E-state index in [4.69, 9.17) is 0 Å². The molecule has 0 aliphatic carbocycles. The number of nitrogens with zero attached hydrogens (tertiary/aromatic N) is 3. The number of hydrogen-bond donors (Lipinski definition) is 1. The fraction of sp³-hybridized carbons (Fsp3) is 0.438. The topological polar surface area (TPSA) is 33.1 Å². The summed E-state index contributed by atoms with van der Waals surface area (Å²) in [5.74, 6) is 1.10. The third kappa shape index (κ3) is 4.18. The molecule has 108 valence electrons. The van der Waals surface area contributed by atoms with Crippen LogP contribution in [0.5, 0.6) is 0 Å². The summed E-state index contributed by atoms with van der Waals surface area (Å²) >= 11 is 0. The summed E-state index contributed by atoms with van der Waals surface area (Å²) in [6.45, 7) is 2.84. The predicted octanol–water partition coefficient (Wildman–Crippen LogP) is 1.81. The van der Waals surface area contributed by atoms with Gasteiger partial charge in [-0.3, -0.25) is 4.90 Å². The zero-order valence-electron chi connectivity index (χ0n) is 12.6. The Bertz CT molecular complexity index is 516. The number of rotatable bonds is 7. The van der Waals surface area contributed by atoms with E-state index in [0.29, 0.717) is 0 Å². The lowest BCUT2D eigenvalue weighted by Gasteiger charge is -2.16. The maximum atomic E-state index is 4.36. The van der Waals surface area contributed by atoms with E-state index in [2.05, 4.69) is 51.1 Å². The fourth-order valence-corrected chi connectivity index (χ4v) is 2.24. The van der Waals surface area contributed by atoms with Gasteiger partial charge in [0.1, 0.15) is 5.82 Å². The van der Waals surface area contributed by atoms with Crippen molar-refractivity contribution in [1.29, 1.82) is 0 Å². The number of benzene rings is 1. The van der Waals surface area contributed by atoms with Crippen LogP contribution in [0.4, 0.5) is 0 Å². The summed E-state index contributed by atoms with van der Waals surface area (Å²) in [5.41, 5.74) is 2.73. The Morgan fingerprint density at radius 1 is 1.15 bits per heavy atom. The van der Waals surface area contributed by atoms with E-state index < -0.39 is 0 Å². The van der Waals surface area contributed by atoms with E-state index in [1.807, 2.05) is 26.5 Å². The second-order valence-electron chi connectivity index (χ2n) is 5.30. The summed E-state index contributed by atoms with van der Waals surface area (Å²) < 4.78 is 2.07. The molecule has 2 rings (SSSR count). The lowest BCUT2D eigenvalue weighted by Crippen LogP contribution is -2.19. The summed E-state index contributed by atoms with van der Waals surface area (Å²) in [4.78, 5) is 6.64. The van der Waals surface area contributed by atoms with E-state index in [1.54, 1.807) is 0 Å². The first-order valence-electron chi connectivity index (χ1n) is 7.06. The molecule has 0 spiro atoms. The lowest BCUT2D eigenvalue weighted by molar-refractivity contribution is 0.307. The Hall–Kier alpha value is -1.65. The minimum Gasteiger partial charge on any atom is -0.337 e. The van der Waals surface area contributed by atoms with Crippen LogP contribution in [0, 0.1) is 0 Å². The lowest BCUT2D eigenvalue weighted by atomic mass is 10.1. The van der Waals surface area contributed by atoms with Gasteiger partial charge in [0, 0.05) is 26.0 Å². The molecular weight excluding hydrogens is 248 g/mol. The van der Waals surface area contributed by atoms with Crippen molar-refractivity contribution in [3.8, 4) is 0 Å². The highest BCUT2D eigenvalue weighted by atomic mass is 15.1. The molecule has 1 heterocycles. The van der Waals surface area contributed by atoms with Crippen molar-refractivity contribution >= 4 is 0 Å². The van der Waals surface area contributed by atoms with Crippen molar-refractivity contribution in [2.24, 2.45) is 7.05 Å². The third-order valence-electron chi connectivity index (χ3n) is 3.47. The standard InChI is InChI=1S/C16H24N4/c1-17-9-8-14-4-6-15(7-5-14)12-19(2)13-16-18-10-11-20(16)3/h4-7,10-11,17H,8-9,12-13H2,1-3H3. The summed E-state index contributed by atoms with van der Waals surface area (Å²) in [5, 5.41) is 3.18. The molecule has 2 aromatic rings. The van der Waals surface area contributed by atoms with E-state index in [9.17, 15) is 0 Å². The van der Waals surface area contributed by atoms with Crippen molar-refractivity contribution in [2.45, 2.75) is 19.5 Å². The molecule has 0 saturated carbocycles. The summed E-state index contributed by atoms with van der Waals surface area (Å²) in [6.07, 6.45) is 4.92. The van der Waals surface area contributed by atoms with Crippen LogP contribution < -0.4 is 5.32 Å². The molecule has 1 N–H and O–H groups in total. The smallest absolute Gasteiger partial charge is 0.122 e. The molecule has 0 atom stereocenters. The fourth-order valence-electron chi connectivity index (χ4n) is 2.24. The van der Waals surface area contributed by atoms with Crippen LogP contribution in [0.2, 0.25) is 0 Å². The number of likely N-dealkylation sites (N-methyl/N-ethyl adjacent to an activating group) is 1. The molecule has 0 aliphatic rings. The minimum atomic E-state index is 0.866. The Balaban J connectivity index is 1.87. The molecule has 0 bridgehead atoms. The first kappa shape index (κ1) is 14.8. The molecule has 1 aromatic carbocycles. The zero-order valence-corrected chi connectivity index (χ0v) is 12.6. The van der Waals surface area contributed by atoms with Crippen molar-refractivity contribution in [1.82, 2.24) is 19.8 Å². The number of imidazole rings is 1. The summed E-state index contributed by atoms with van der Waals surface area (Å²) in [6, 6.07) is 8.89. The largest absolute Gasteiger partial charge is 0.337 e. The van der Waals surface area contributed by atoms with Gasteiger partial charge in [-0.2, -0.15) is 0 Å². The maximum Gasteiger partial charge on any atom is 0.122 e. The van der Waals surface area contributed by atoms with Gasteiger partial charge in [-0.1, -0.05) is 24.3 Å². The highest BCUT2D eigenvalue weighted by molar-refractivity contribution is 5.22. The molecule has 0 fully saturated rings. The van der Waals surface area contributed by atoms with Crippen LogP contribution in [0.1, 0.15) is 17.0 Å². The molecule has 0 saturated heterocycles. The predicted molar refractivity (Wildman–Crippen MR) is 82.5 cm³/mol. The first-order valence-corrected chi connectivity index (χ1v) is 7.06. The number of aromatic nitrogens is 2. The van der Waals surface area contributed by atoms with E-state index >= 15 is 0 Å². The van der Waals surface area contributed by atoms with E-state index in [1.165, 1.54) is 11.1 Å². The molecular formula is C16H24N4. The van der Waals surface area contributed by atoms with Gasteiger partial charge in [-0.15, -0.1) is 0 Å². The highest BCUT2D eigenvalue weighted by Crippen LogP contribution is 2.09. The molecule has 4 heteroatoms. The minimum absolute atomic E-state index is 0.866. The second kappa shape index (κ2) is 7.22. The number of aryl methyl sites for hydroxylation is 1. The van der Waals surface area contributed by atoms with Crippen LogP contribution in [0.15, 0.2) is 36.7 Å². The van der Waals surface area contributed by atoms with Crippen molar-refractivity contribution in [2.75, 3.05) is 20.6 Å². The normalized spacial score (nSPS) is 11.2. The molecule has 20 heavy (non-hydrogen) atoms. The van der Waals surface area contributed by atoms with Gasteiger partial charge < -0.3 is 9.88 Å². The van der Waals surface area contributed by atoms with Crippen LogP contribution in [-0.2, 0) is 26.6 Å². The molecule has 4 nitrogen and oxygen atoms in total. The molecule has 0 amide bonds. The van der Waals surface area contributed by atoms with Gasteiger partial charge in [0.15, 0.2) is 0 Å². The number of hydrogen-bond acceptors (Lipinski definition) is 3. The van der Waals surface area contributed by atoms with Gasteiger partial charge in [0.05, 0.1) is 6.54 Å². The third-order valence-corrected chi connectivity index (χ3v) is 3.47. The Kier molecular flexibility index (Phi) is 5.32. The van der Waals surface area contributed by atoms with Crippen LogP contribution in [0.3, 0.4) is 0 Å². The van der Waals surface area contributed by atoms with Crippen molar-refractivity contribution in [3.63, 3.8) is 0 Å². The number of nitrogens with one attached hydrogen (secondary N) is 1. The average Bonchev–Trinajstić information content (AvgIpc) is 2.83. The zero-order chi connectivity index (χ0) is 14.4. The van der Waals surface area contributed by atoms with Crippen LogP contribution >= 0.6 is 0 Å². The Morgan fingerprint density at radius 2 is 1.85 bits per heavy atom. The van der Waals surface area contributed by atoms with Gasteiger partial charge in [-0.25, -0.2) is 4.98 Å². The van der Waals surface area contributed by atoms with Crippen LogP contribution in [0.25, 0.3) is 0 Å². The average molecular weight is 272 g/mol. The quantitative estimate of drug-likeness (QED) is 0.834. The van der Waals surface area contributed by atoms with Crippen LogP contribution in [-0.4, -0.2) is 35.1 Å². The monoisotopic (exact) mass is 272 g/mol. The van der Waals surface area contributed by atoms with E-state index in [-0.39, 0.29) is 0 Å². The van der Waals surface area contributed by atoms with Gasteiger partial charge in [-0.05, 0) is 38.2 Å². The first-order chi connectivity index (χ1) is 9.69.